The third-order valence-corrected chi connectivity index (χ3v) is 3.50. The van der Waals surface area contributed by atoms with Crippen molar-refractivity contribution in [2.45, 2.75) is 18.6 Å². The number of carbonyl (C=O) groups excluding carboxylic acids is 1. The Bertz CT molecular complexity index is 576. The second-order valence-electron chi connectivity index (χ2n) is 5.03. The van der Waals surface area contributed by atoms with Crippen molar-refractivity contribution in [3.05, 3.63) is 35.9 Å². The van der Waals surface area contributed by atoms with E-state index in [0.717, 1.165) is 10.5 Å². The van der Waals surface area contributed by atoms with E-state index in [0.29, 0.717) is 0 Å². The molecule has 0 spiro atoms. The summed E-state index contributed by atoms with van der Waals surface area (Å²) in [6, 6.07) is 8.93. The molecular formula is C14H16N2O6. The highest BCUT2D eigenvalue weighted by Crippen LogP contribution is 2.22. The first-order valence-corrected chi connectivity index (χ1v) is 6.63. The highest BCUT2D eigenvalue weighted by Gasteiger charge is 2.48. The van der Waals surface area contributed by atoms with Crippen LogP contribution in [0.2, 0.25) is 0 Å². The number of hydrogen-bond acceptors (Lipinski definition) is 4. The quantitative estimate of drug-likeness (QED) is 0.767. The first-order valence-electron chi connectivity index (χ1n) is 6.63. The van der Waals surface area contributed by atoms with Crippen molar-refractivity contribution in [3.8, 4) is 0 Å². The second kappa shape index (κ2) is 6.33. The molecule has 1 aliphatic rings. The topological polar surface area (TPSA) is 116 Å². The molecule has 0 radical (unpaired) electrons. The molecule has 1 heterocycles. The van der Waals surface area contributed by atoms with E-state index in [1.165, 1.54) is 0 Å². The number of carboxylic acid groups (broad SMARTS) is 2. The zero-order chi connectivity index (χ0) is 16.2. The molecule has 8 heteroatoms. The second-order valence-corrected chi connectivity index (χ2v) is 5.03. The number of nitrogens with zero attached hydrogens (tertiary/aromatic N) is 1. The van der Waals surface area contributed by atoms with Gasteiger partial charge in [0.25, 0.3) is 0 Å². The number of aliphatic carboxylic acids is 1. The molecule has 8 nitrogen and oxygen atoms in total. The van der Waals surface area contributed by atoms with Gasteiger partial charge in [0, 0.05) is 13.0 Å². The fourth-order valence-electron chi connectivity index (χ4n) is 2.26. The van der Waals surface area contributed by atoms with Crippen LogP contribution in [0.5, 0.6) is 0 Å². The van der Waals surface area contributed by atoms with Gasteiger partial charge >= 0.3 is 18.2 Å². The van der Waals surface area contributed by atoms with E-state index in [1.807, 2.05) is 6.07 Å². The smallest absolute Gasteiger partial charge is 0.408 e. The molecule has 2 amide bonds. The third kappa shape index (κ3) is 3.46. The number of carboxylic acids is 1. The predicted octanol–water partition coefficient (Wildman–Crippen LogP) is 1.12. The van der Waals surface area contributed by atoms with E-state index in [1.54, 1.807) is 24.3 Å². The van der Waals surface area contributed by atoms with Gasteiger partial charge < -0.3 is 25.2 Å². The molecule has 0 aliphatic carbocycles. The Balaban J connectivity index is 1.95. The number of rotatable bonds is 4. The normalized spacial score (nSPS) is 20.5. The maximum absolute atomic E-state index is 11.8. The van der Waals surface area contributed by atoms with Crippen molar-refractivity contribution in [1.29, 1.82) is 0 Å². The maximum atomic E-state index is 11.8. The molecule has 3 N–H and O–H groups in total. The van der Waals surface area contributed by atoms with Gasteiger partial charge in [0.05, 0.1) is 6.54 Å². The molecule has 0 bridgehead atoms. The summed E-state index contributed by atoms with van der Waals surface area (Å²) >= 11 is 0. The van der Waals surface area contributed by atoms with Crippen LogP contribution in [-0.2, 0) is 16.1 Å². The van der Waals surface area contributed by atoms with Crippen LogP contribution in [0.4, 0.5) is 9.59 Å². The Morgan fingerprint density at radius 1 is 1.23 bits per heavy atom. The zero-order valence-electron chi connectivity index (χ0n) is 11.7. The number of carbonyl (C=O) groups is 3. The molecule has 22 heavy (non-hydrogen) atoms. The number of hydrogen-bond donors (Lipinski definition) is 3. The van der Waals surface area contributed by atoms with Gasteiger partial charge in [-0.05, 0) is 5.56 Å². The molecular weight excluding hydrogens is 292 g/mol. The lowest BCUT2D eigenvalue weighted by Gasteiger charge is -2.24. The Hall–Kier alpha value is -2.77. The zero-order valence-corrected chi connectivity index (χ0v) is 11.7. The lowest BCUT2D eigenvalue weighted by molar-refractivity contribution is -0.144. The summed E-state index contributed by atoms with van der Waals surface area (Å²) in [6.45, 7) is -0.260. The summed E-state index contributed by atoms with van der Waals surface area (Å²) in [5.74, 6) is -1.28. The van der Waals surface area contributed by atoms with Crippen molar-refractivity contribution in [2.24, 2.45) is 0 Å². The van der Waals surface area contributed by atoms with Gasteiger partial charge in [-0.1, -0.05) is 30.3 Å². The molecule has 1 atom stereocenters. The summed E-state index contributed by atoms with van der Waals surface area (Å²) in [5.41, 5.74) is -0.882. The summed E-state index contributed by atoms with van der Waals surface area (Å²) < 4.78 is 4.98. The van der Waals surface area contributed by atoms with E-state index in [2.05, 4.69) is 5.32 Å². The highest BCUT2D eigenvalue weighted by atomic mass is 16.5. The number of ether oxygens (including phenoxy) is 1. The monoisotopic (exact) mass is 308 g/mol. The molecule has 1 aromatic rings. The molecule has 118 valence electrons. The van der Waals surface area contributed by atoms with Gasteiger partial charge in [-0.2, -0.15) is 0 Å². The molecule has 1 fully saturated rings. The Morgan fingerprint density at radius 3 is 2.45 bits per heavy atom. The number of benzene rings is 1. The number of amides is 2. The van der Waals surface area contributed by atoms with Crippen LogP contribution in [0.1, 0.15) is 12.0 Å². The maximum Gasteiger partial charge on any atom is 0.408 e. The molecule has 1 saturated heterocycles. The molecule has 2 rings (SSSR count). The van der Waals surface area contributed by atoms with Crippen LogP contribution in [0, 0.1) is 0 Å². The predicted molar refractivity (Wildman–Crippen MR) is 74.3 cm³/mol. The summed E-state index contributed by atoms with van der Waals surface area (Å²) in [5, 5.41) is 20.5. The molecule has 1 aromatic carbocycles. The van der Waals surface area contributed by atoms with Gasteiger partial charge in [0.2, 0.25) is 0 Å². The van der Waals surface area contributed by atoms with Crippen molar-refractivity contribution in [1.82, 2.24) is 10.2 Å². The average Bonchev–Trinajstić information content (AvgIpc) is 2.92. The van der Waals surface area contributed by atoms with Crippen molar-refractivity contribution in [3.63, 3.8) is 0 Å². The lowest BCUT2D eigenvalue weighted by atomic mass is 9.99. The van der Waals surface area contributed by atoms with E-state index in [9.17, 15) is 19.5 Å². The van der Waals surface area contributed by atoms with E-state index in [4.69, 9.17) is 9.84 Å². The Kier molecular flexibility index (Phi) is 4.50. The van der Waals surface area contributed by atoms with Gasteiger partial charge in [0.15, 0.2) is 5.54 Å². The summed E-state index contributed by atoms with van der Waals surface area (Å²) in [4.78, 5) is 35.1. The summed E-state index contributed by atoms with van der Waals surface area (Å²) in [7, 11) is 0. The molecule has 1 aliphatic heterocycles. The Morgan fingerprint density at radius 2 is 1.91 bits per heavy atom. The van der Waals surface area contributed by atoms with Crippen molar-refractivity contribution >= 4 is 18.2 Å². The number of nitrogens with one attached hydrogen (secondary N) is 1. The van der Waals surface area contributed by atoms with Crippen LogP contribution >= 0.6 is 0 Å². The minimum Gasteiger partial charge on any atom is -0.479 e. The van der Waals surface area contributed by atoms with E-state index < -0.39 is 23.7 Å². The van der Waals surface area contributed by atoms with Crippen molar-refractivity contribution in [2.75, 3.05) is 13.1 Å². The van der Waals surface area contributed by atoms with Crippen LogP contribution in [-0.4, -0.2) is 51.9 Å². The fraction of sp³-hybridized carbons (Fsp3) is 0.357. The highest BCUT2D eigenvalue weighted by molar-refractivity contribution is 5.86. The van der Waals surface area contributed by atoms with Crippen LogP contribution in [0.25, 0.3) is 0 Å². The number of alkyl carbamates (subject to hydrolysis) is 1. The lowest BCUT2D eigenvalue weighted by Crippen LogP contribution is -2.56. The largest absolute Gasteiger partial charge is 0.479 e. The minimum absolute atomic E-state index is 0.00489. The fourth-order valence-corrected chi connectivity index (χ4v) is 2.26. The van der Waals surface area contributed by atoms with Crippen molar-refractivity contribution < 1.29 is 29.3 Å². The SMILES string of the molecule is O=C(N[C@@]1(C(=O)O)CCN(C(=O)O)C1)OCc1ccccc1. The van der Waals surface area contributed by atoms with E-state index in [-0.39, 0.29) is 26.1 Å². The number of likely N-dealkylation sites (tertiary alicyclic amines) is 1. The van der Waals surface area contributed by atoms with Crippen LogP contribution < -0.4 is 5.32 Å². The Labute approximate surface area is 126 Å². The first-order chi connectivity index (χ1) is 10.4. The van der Waals surface area contributed by atoms with Gasteiger partial charge in [-0.3, -0.25) is 0 Å². The minimum atomic E-state index is -1.65. The average molecular weight is 308 g/mol. The van der Waals surface area contributed by atoms with Crippen LogP contribution in [0.3, 0.4) is 0 Å². The molecule has 0 saturated carbocycles. The third-order valence-electron chi connectivity index (χ3n) is 3.50. The van der Waals surface area contributed by atoms with Crippen LogP contribution in [0.15, 0.2) is 30.3 Å². The molecule has 0 unspecified atom stereocenters. The van der Waals surface area contributed by atoms with Gasteiger partial charge in [-0.15, -0.1) is 0 Å². The first kappa shape index (κ1) is 15.6. The van der Waals surface area contributed by atoms with Gasteiger partial charge in [-0.25, -0.2) is 14.4 Å². The van der Waals surface area contributed by atoms with Gasteiger partial charge in [0.1, 0.15) is 6.61 Å². The standard InChI is InChI=1S/C14H16N2O6/c17-11(18)14(6-7-16(9-14)13(20)21)15-12(19)22-8-10-4-2-1-3-5-10/h1-5H,6-9H2,(H,15,19)(H,17,18)(H,20,21)/t14-/m0/s1. The van der Waals surface area contributed by atoms with E-state index >= 15 is 0 Å². The summed E-state index contributed by atoms with van der Waals surface area (Å²) in [6.07, 6.45) is -2.12. The molecule has 0 aromatic heterocycles.